The molecule has 0 spiro atoms. The fourth-order valence-electron chi connectivity index (χ4n) is 5.41. The van der Waals surface area contributed by atoms with Crippen LogP contribution in [0, 0.1) is 7.14 Å². The maximum atomic E-state index is 12.2. The molecule has 0 bridgehead atoms. The van der Waals surface area contributed by atoms with Crippen LogP contribution < -0.4 is 29.0 Å². The number of ether oxygens (including phenoxy) is 5. The lowest BCUT2D eigenvalue weighted by Gasteiger charge is -2.19. The lowest BCUT2D eigenvalue weighted by molar-refractivity contribution is -0.116. The molecule has 0 aliphatic carbocycles. The summed E-state index contributed by atoms with van der Waals surface area (Å²) in [5.74, 6) is 4.29. The molecule has 0 heterocycles. The van der Waals surface area contributed by atoms with Crippen molar-refractivity contribution in [2.45, 2.75) is 124 Å². The van der Waals surface area contributed by atoms with E-state index < -0.39 is 0 Å². The summed E-state index contributed by atoms with van der Waals surface area (Å²) in [6.45, 7) is 9.11. The first-order valence-electron chi connectivity index (χ1n) is 19.2. The number of carbonyl (C=O) groups is 1. The number of amides is 1. The lowest BCUT2D eigenvalue weighted by Crippen LogP contribution is -2.11. The Hall–Kier alpha value is -2.41. The Kier molecular flexibility index (Phi) is 22.2. The fourth-order valence-corrected chi connectivity index (χ4v) is 6.55. The third kappa shape index (κ3) is 17.3. The van der Waals surface area contributed by atoms with Crippen molar-refractivity contribution in [1.82, 2.24) is 0 Å². The second kappa shape index (κ2) is 26.4. The standard InChI is InChI=1S/C42H59I2NO6/c1-4-7-10-18-26-48-39-29-34(30-40(49-27-19-11-8-5-2)42(39)50-28-20-12-9-6-3)51-38-32-35(43)37(31-36(38)44)47-25-21-14-17-24-41(46)45-33-22-15-13-16-23-33/h13,15-16,22-23,29-32H,4-12,14,17-21,24-28H2,1-3H3,(H,45,46). The number of benzene rings is 3. The summed E-state index contributed by atoms with van der Waals surface area (Å²) in [6.07, 6.45) is 16.7. The van der Waals surface area contributed by atoms with Gasteiger partial charge in [-0.3, -0.25) is 4.79 Å². The van der Waals surface area contributed by atoms with E-state index in [0.29, 0.717) is 55.8 Å². The van der Waals surface area contributed by atoms with Crippen LogP contribution in [0.25, 0.3) is 0 Å². The van der Waals surface area contributed by atoms with Gasteiger partial charge in [-0.1, -0.05) is 96.8 Å². The second-order valence-electron chi connectivity index (χ2n) is 12.9. The summed E-state index contributed by atoms with van der Waals surface area (Å²) >= 11 is 4.61. The first-order valence-corrected chi connectivity index (χ1v) is 21.3. The van der Waals surface area contributed by atoms with Gasteiger partial charge in [-0.2, -0.15) is 0 Å². The molecule has 0 fully saturated rings. The number of nitrogens with one attached hydrogen (secondary N) is 1. The highest BCUT2D eigenvalue weighted by Crippen LogP contribution is 2.44. The molecule has 0 aliphatic rings. The van der Waals surface area contributed by atoms with Crippen LogP contribution >= 0.6 is 45.2 Å². The van der Waals surface area contributed by atoms with E-state index in [9.17, 15) is 4.79 Å². The van der Waals surface area contributed by atoms with E-state index in [1.807, 2.05) is 54.6 Å². The van der Waals surface area contributed by atoms with Crippen molar-refractivity contribution in [2.75, 3.05) is 31.7 Å². The number of rotatable bonds is 28. The maximum Gasteiger partial charge on any atom is 0.224 e. The monoisotopic (exact) mass is 927 g/mol. The molecule has 0 saturated carbocycles. The second-order valence-corrected chi connectivity index (χ2v) is 15.2. The summed E-state index contributed by atoms with van der Waals surface area (Å²) in [4.78, 5) is 12.2. The van der Waals surface area contributed by atoms with Gasteiger partial charge in [-0.05, 0) is 108 Å². The first kappa shape index (κ1) is 43.0. The zero-order valence-electron chi connectivity index (χ0n) is 31.0. The van der Waals surface area contributed by atoms with Crippen LogP contribution in [0.2, 0.25) is 0 Å². The van der Waals surface area contributed by atoms with E-state index in [0.717, 1.165) is 82.1 Å². The van der Waals surface area contributed by atoms with Gasteiger partial charge < -0.3 is 29.0 Å². The van der Waals surface area contributed by atoms with E-state index in [1.165, 1.54) is 38.5 Å². The van der Waals surface area contributed by atoms with Crippen molar-refractivity contribution in [1.29, 1.82) is 0 Å². The molecule has 3 rings (SSSR count). The number of hydrogen-bond acceptors (Lipinski definition) is 6. The molecule has 0 aliphatic heterocycles. The number of unbranched alkanes of at least 4 members (excludes halogenated alkanes) is 11. The van der Waals surface area contributed by atoms with E-state index >= 15 is 0 Å². The Morgan fingerprint density at radius 3 is 1.57 bits per heavy atom. The molecule has 7 nitrogen and oxygen atoms in total. The zero-order valence-corrected chi connectivity index (χ0v) is 35.4. The lowest BCUT2D eigenvalue weighted by atomic mass is 10.2. The van der Waals surface area contributed by atoms with E-state index in [1.54, 1.807) is 0 Å². The quantitative estimate of drug-likeness (QED) is 0.0578. The molecular weight excluding hydrogens is 868 g/mol. The first-order chi connectivity index (χ1) is 24.9. The third-order valence-electron chi connectivity index (χ3n) is 8.33. The summed E-state index contributed by atoms with van der Waals surface area (Å²) in [5.41, 5.74) is 0.833. The van der Waals surface area contributed by atoms with Gasteiger partial charge in [0.2, 0.25) is 11.7 Å². The molecule has 1 amide bonds. The minimum Gasteiger partial charge on any atom is -0.492 e. The Morgan fingerprint density at radius 1 is 0.549 bits per heavy atom. The van der Waals surface area contributed by atoms with Gasteiger partial charge in [0, 0.05) is 24.2 Å². The number of para-hydroxylation sites is 1. The summed E-state index contributed by atoms with van der Waals surface area (Å²) < 4.78 is 33.8. The van der Waals surface area contributed by atoms with E-state index in [2.05, 4.69) is 71.3 Å². The third-order valence-corrected chi connectivity index (χ3v) is 10.0. The fraction of sp³-hybridized carbons (Fsp3) is 0.548. The van der Waals surface area contributed by atoms with E-state index in [4.69, 9.17) is 23.7 Å². The van der Waals surface area contributed by atoms with Gasteiger partial charge in [0.15, 0.2) is 11.5 Å². The molecule has 0 unspecified atom stereocenters. The molecular formula is C42H59I2NO6. The molecule has 3 aromatic rings. The number of carbonyl (C=O) groups excluding carboxylic acids is 1. The summed E-state index contributed by atoms with van der Waals surface area (Å²) in [7, 11) is 0. The highest BCUT2D eigenvalue weighted by Gasteiger charge is 2.19. The van der Waals surface area contributed by atoms with Crippen LogP contribution in [-0.2, 0) is 4.79 Å². The van der Waals surface area contributed by atoms with Gasteiger partial charge in [0.25, 0.3) is 0 Å². The molecule has 51 heavy (non-hydrogen) atoms. The van der Waals surface area contributed by atoms with Crippen molar-refractivity contribution in [2.24, 2.45) is 0 Å². The van der Waals surface area contributed by atoms with Crippen LogP contribution in [0.4, 0.5) is 5.69 Å². The zero-order chi connectivity index (χ0) is 36.5. The SMILES string of the molecule is CCCCCCOc1cc(Oc2cc(I)c(OCCCCCC(=O)Nc3ccccc3)cc2I)cc(OCCCCCC)c1OCCCCCC. The van der Waals surface area contributed by atoms with E-state index in [-0.39, 0.29) is 5.91 Å². The molecule has 9 heteroatoms. The van der Waals surface area contributed by atoms with Gasteiger partial charge >= 0.3 is 0 Å². The van der Waals surface area contributed by atoms with Crippen molar-refractivity contribution < 1.29 is 28.5 Å². The van der Waals surface area contributed by atoms with Crippen LogP contribution in [-0.4, -0.2) is 32.3 Å². The van der Waals surface area contributed by atoms with Crippen LogP contribution in [0.3, 0.4) is 0 Å². The Labute approximate surface area is 334 Å². The van der Waals surface area contributed by atoms with Gasteiger partial charge in [0.05, 0.1) is 33.6 Å². The molecule has 282 valence electrons. The number of halogens is 2. The molecule has 3 aromatic carbocycles. The van der Waals surface area contributed by atoms with Crippen molar-refractivity contribution in [3.05, 3.63) is 61.7 Å². The minimum absolute atomic E-state index is 0.0442. The summed E-state index contributed by atoms with van der Waals surface area (Å²) in [6, 6.07) is 17.5. The van der Waals surface area contributed by atoms with Crippen LogP contribution in [0.15, 0.2) is 54.6 Å². The van der Waals surface area contributed by atoms with Gasteiger partial charge in [-0.15, -0.1) is 0 Å². The van der Waals surface area contributed by atoms with Crippen molar-refractivity contribution in [3.8, 4) is 34.5 Å². The van der Waals surface area contributed by atoms with Crippen molar-refractivity contribution in [3.63, 3.8) is 0 Å². The molecule has 0 saturated heterocycles. The van der Waals surface area contributed by atoms with Gasteiger partial charge in [0.1, 0.15) is 17.2 Å². The van der Waals surface area contributed by atoms with Crippen molar-refractivity contribution >= 4 is 56.8 Å². The minimum atomic E-state index is 0.0442. The van der Waals surface area contributed by atoms with Crippen LogP contribution in [0.5, 0.6) is 34.5 Å². The molecule has 0 atom stereocenters. The Bertz CT molecular complexity index is 1370. The number of hydrogen-bond donors (Lipinski definition) is 1. The predicted octanol–water partition coefficient (Wildman–Crippen LogP) is 13.1. The average molecular weight is 928 g/mol. The highest BCUT2D eigenvalue weighted by molar-refractivity contribution is 14.1. The van der Waals surface area contributed by atoms with Gasteiger partial charge in [-0.25, -0.2) is 0 Å². The topological polar surface area (TPSA) is 75.3 Å². The molecule has 0 radical (unpaired) electrons. The summed E-state index contributed by atoms with van der Waals surface area (Å²) in [5, 5.41) is 2.94. The largest absolute Gasteiger partial charge is 0.492 e. The maximum absolute atomic E-state index is 12.2. The average Bonchev–Trinajstić information content (AvgIpc) is 3.12. The molecule has 1 N–H and O–H groups in total. The van der Waals surface area contributed by atoms with Crippen LogP contribution in [0.1, 0.15) is 124 Å². The smallest absolute Gasteiger partial charge is 0.224 e. The predicted molar refractivity (Wildman–Crippen MR) is 226 cm³/mol. The Morgan fingerprint density at radius 2 is 1.02 bits per heavy atom. The number of anilines is 1. The highest BCUT2D eigenvalue weighted by atomic mass is 127. The normalized spacial score (nSPS) is 10.9. The Balaban J connectivity index is 1.66. The molecule has 0 aromatic heterocycles.